The summed E-state index contributed by atoms with van der Waals surface area (Å²) < 4.78 is 14.4. The van der Waals surface area contributed by atoms with Gasteiger partial charge in [-0.05, 0) is 48.9 Å². The van der Waals surface area contributed by atoms with Gasteiger partial charge in [0.25, 0.3) is 0 Å². The Morgan fingerprint density at radius 3 is 1.04 bits per heavy atom. The first-order valence-electron chi connectivity index (χ1n) is 15.7. The van der Waals surface area contributed by atoms with E-state index < -0.39 is 16.3 Å². The third kappa shape index (κ3) is 5.27. The monoisotopic (exact) mass is 620 g/mol. The molecule has 220 valence electrons. The molecule has 0 heterocycles. The Bertz CT molecular complexity index is 1690. The standard InChI is InChI=1S/C41H34O2P2/c1-5-17-33(18-6-1)44(34-19-7-2-8-20-34)42-37-25-13-15-31-27-29-41(39(31)37)30-28-32-16-14-26-38(40(32)41)43-45(35-21-9-3-10-22-35)36-23-11-4-12-24-36/h1-26H,27-30H2. The predicted molar refractivity (Wildman–Crippen MR) is 190 cm³/mol. The number of fused-ring (bicyclic) bond motifs is 4. The van der Waals surface area contributed by atoms with Crippen LogP contribution in [0.4, 0.5) is 0 Å². The molecule has 0 fully saturated rings. The van der Waals surface area contributed by atoms with E-state index in [1.165, 1.54) is 43.5 Å². The summed E-state index contributed by atoms with van der Waals surface area (Å²) in [4.78, 5) is 0. The molecule has 8 rings (SSSR count). The van der Waals surface area contributed by atoms with Crippen molar-refractivity contribution in [3.8, 4) is 11.5 Å². The fourth-order valence-corrected chi connectivity index (χ4v) is 10.7. The minimum atomic E-state index is -1.04. The van der Waals surface area contributed by atoms with E-state index in [0.29, 0.717) is 0 Å². The van der Waals surface area contributed by atoms with Gasteiger partial charge in [0.05, 0.1) is 0 Å². The molecule has 0 unspecified atom stereocenters. The second kappa shape index (κ2) is 12.3. The summed E-state index contributed by atoms with van der Waals surface area (Å²) in [5, 5.41) is 4.87. The Labute approximate surface area is 268 Å². The average molecular weight is 621 g/mol. The summed E-state index contributed by atoms with van der Waals surface area (Å²) in [7, 11) is -2.08. The van der Waals surface area contributed by atoms with Crippen LogP contribution in [0.3, 0.4) is 0 Å². The molecule has 4 heteroatoms. The number of rotatable bonds is 8. The summed E-state index contributed by atoms with van der Waals surface area (Å²) in [5.74, 6) is 2.03. The van der Waals surface area contributed by atoms with Gasteiger partial charge in [-0.1, -0.05) is 146 Å². The molecule has 0 aromatic heterocycles. The lowest BCUT2D eigenvalue weighted by Gasteiger charge is -2.32. The molecule has 0 atom stereocenters. The molecule has 6 aromatic carbocycles. The van der Waals surface area contributed by atoms with Gasteiger partial charge in [0.1, 0.15) is 11.5 Å². The summed E-state index contributed by atoms with van der Waals surface area (Å²) in [6, 6.07) is 56.2. The maximum Gasteiger partial charge on any atom is 0.150 e. The van der Waals surface area contributed by atoms with Crippen LogP contribution in [-0.4, -0.2) is 0 Å². The predicted octanol–water partition coefficient (Wildman–Crippen LogP) is 8.72. The molecule has 0 N–H and O–H groups in total. The summed E-state index contributed by atoms with van der Waals surface area (Å²) >= 11 is 0. The third-order valence-corrected chi connectivity index (χ3v) is 13.0. The number of hydrogen-bond donors (Lipinski definition) is 0. The third-order valence-electron chi connectivity index (χ3n) is 9.17. The Hall–Kier alpha value is -4.22. The molecular weight excluding hydrogens is 586 g/mol. The lowest BCUT2D eigenvalue weighted by Crippen LogP contribution is -2.24. The maximum atomic E-state index is 7.22. The van der Waals surface area contributed by atoms with Crippen LogP contribution in [0.2, 0.25) is 0 Å². The minimum absolute atomic E-state index is 0.138. The van der Waals surface area contributed by atoms with Crippen LogP contribution in [0.15, 0.2) is 158 Å². The molecule has 2 aliphatic rings. The van der Waals surface area contributed by atoms with E-state index in [2.05, 4.69) is 158 Å². The molecular formula is C41H34O2P2. The number of benzene rings is 6. The second-order valence-electron chi connectivity index (χ2n) is 11.8. The van der Waals surface area contributed by atoms with Crippen LogP contribution < -0.4 is 30.3 Å². The molecule has 6 aromatic rings. The van der Waals surface area contributed by atoms with Gasteiger partial charge in [0.2, 0.25) is 0 Å². The lowest BCUT2D eigenvalue weighted by molar-refractivity contribution is 0.475. The van der Waals surface area contributed by atoms with Gasteiger partial charge in [0, 0.05) is 37.8 Å². The average Bonchev–Trinajstić information content (AvgIpc) is 3.69. The van der Waals surface area contributed by atoms with E-state index >= 15 is 0 Å². The van der Waals surface area contributed by atoms with E-state index in [9.17, 15) is 0 Å². The van der Waals surface area contributed by atoms with Crippen molar-refractivity contribution in [2.45, 2.75) is 31.1 Å². The molecule has 2 nitrogen and oxygen atoms in total. The SMILES string of the molecule is c1ccc(P(Oc2cccc3c2C2(CC3)CCc3cccc(OP(c4ccccc4)c4ccccc4)c32)c2ccccc2)cc1. The highest BCUT2D eigenvalue weighted by molar-refractivity contribution is 7.69. The molecule has 1 spiro atoms. The second-order valence-corrected chi connectivity index (χ2v) is 15.4. The normalized spacial score (nSPS) is 14.4. The van der Waals surface area contributed by atoms with Gasteiger partial charge >= 0.3 is 0 Å². The zero-order chi connectivity index (χ0) is 30.1. The van der Waals surface area contributed by atoms with Crippen molar-refractivity contribution < 1.29 is 9.05 Å². The zero-order valence-electron chi connectivity index (χ0n) is 25.1. The molecule has 45 heavy (non-hydrogen) atoms. The fraction of sp³-hybridized carbons (Fsp3) is 0.122. The molecule has 2 aliphatic carbocycles. The minimum Gasteiger partial charge on any atom is -0.464 e. The van der Waals surface area contributed by atoms with Crippen LogP contribution >= 0.6 is 16.3 Å². The first-order chi connectivity index (χ1) is 22.3. The zero-order valence-corrected chi connectivity index (χ0v) is 26.8. The van der Waals surface area contributed by atoms with Crippen LogP contribution in [0, 0.1) is 0 Å². The lowest BCUT2D eigenvalue weighted by atomic mass is 9.76. The Balaban J connectivity index is 1.23. The van der Waals surface area contributed by atoms with Crippen LogP contribution in [0.1, 0.15) is 35.1 Å². The molecule has 0 amide bonds. The van der Waals surface area contributed by atoms with Gasteiger partial charge in [-0.2, -0.15) is 0 Å². The summed E-state index contributed by atoms with van der Waals surface area (Å²) in [6.45, 7) is 0. The van der Waals surface area contributed by atoms with Gasteiger partial charge in [-0.3, -0.25) is 0 Å². The van der Waals surface area contributed by atoms with Gasteiger partial charge in [0.15, 0.2) is 16.3 Å². The first kappa shape index (κ1) is 28.3. The fourth-order valence-electron chi connectivity index (χ4n) is 7.21. The highest BCUT2D eigenvalue weighted by atomic mass is 31.1. The van der Waals surface area contributed by atoms with Crippen molar-refractivity contribution >= 4 is 37.5 Å². The van der Waals surface area contributed by atoms with Crippen molar-refractivity contribution in [3.63, 3.8) is 0 Å². The van der Waals surface area contributed by atoms with Crippen molar-refractivity contribution in [2.75, 3.05) is 0 Å². The molecule has 0 radical (unpaired) electrons. The molecule has 0 saturated heterocycles. The maximum absolute atomic E-state index is 7.22. The van der Waals surface area contributed by atoms with Crippen molar-refractivity contribution in [1.82, 2.24) is 0 Å². The summed E-state index contributed by atoms with van der Waals surface area (Å²) in [5.41, 5.74) is 5.39. The van der Waals surface area contributed by atoms with E-state index in [4.69, 9.17) is 9.05 Å². The summed E-state index contributed by atoms with van der Waals surface area (Å²) in [6.07, 6.45) is 4.22. The smallest absolute Gasteiger partial charge is 0.150 e. The van der Waals surface area contributed by atoms with Crippen LogP contribution in [-0.2, 0) is 18.3 Å². The van der Waals surface area contributed by atoms with Crippen LogP contribution in [0.5, 0.6) is 11.5 Å². The number of hydrogen-bond acceptors (Lipinski definition) is 2. The Morgan fingerprint density at radius 1 is 0.378 bits per heavy atom. The van der Waals surface area contributed by atoms with Gasteiger partial charge in [-0.25, -0.2) is 0 Å². The van der Waals surface area contributed by atoms with E-state index in [0.717, 1.165) is 37.2 Å². The Kier molecular flexibility index (Phi) is 7.72. The van der Waals surface area contributed by atoms with Crippen molar-refractivity contribution in [1.29, 1.82) is 0 Å². The van der Waals surface area contributed by atoms with E-state index in [1.807, 2.05) is 0 Å². The molecule has 0 aliphatic heterocycles. The van der Waals surface area contributed by atoms with Gasteiger partial charge < -0.3 is 9.05 Å². The van der Waals surface area contributed by atoms with E-state index in [1.54, 1.807) is 0 Å². The quantitative estimate of drug-likeness (QED) is 0.159. The highest BCUT2D eigenvalue weighted by Gasteiger charge is 2.49. The highest BCUT2D eigenvalue weighted by Crippen LogP contribution is 2.59. The van der Waals surface area contributed by atoms with Gasteiger partial charge in [-0.15, -0.1) is 0 Å². The number of aryl methyl sites for hydroxylation is 2. The van der Waals surface area contributed by atoms with E-state index in [-0.39, 0.29) is 5.41 Å². The topological polar surface area (TPSA) is 18.5 Å². The Morgan fingerprint density at radius 2 is 0.711 bits per heavy atom. The van der Waals surface area contributed by atoms with Crippen LogP contribution in [0.25, 0.3) is 0 Å². The molecule has 0 saturated carbocycles. The largest absolute Gasteiger partial charge is 0.464 e. The van der Waals surface area contributed by atoms with Crippen molar-refractivity contribution in [2.24, 2.45) is 0 Å². The molecule has 0 bridgehead atoms. The van der Waals surface area contributed by atoms with Crippen molar-refractivity contribution in [3.05, 3.63) is 180 Å². The first-order valence-corrected chi connectivity index (χ1v) is 18.2.